The summed E-state index contributed by atoms with van der Waals surface area (Å²) in [5.74, 6) is 0.589. The number of hydrogen-bond acceptors (Lipinski definition) is 4. The molecule has 2 aromatic carbocycles. The van der Waals surface area contributed by atoms with E-state index in [1.807, 2.05) is 0 Å². The molecule has 1 amide bonds. The predicted molar refractivity (Wildman–Crippen MR) is 119 cm³/mol. The highest BCUT2D eigenvalue weighted by molar-refractivity contribution is 5.76. The number of nitrogens with one attached hydrogen (secondary N) is 1. The van der Waals surface area contributed by atoms with Crippen LogP contribution in [0.3, 0.4) is 0 Å². The molecule has 1 aliphatic rings. The first-order valence-corrected chi connectivity index (χ1v) is 10.8. The van der Waals surface area contributed by atoms with E-state index >= 15 is 0 Å². The lowest BCUT2D eigenvalue weighted by Gasteiger charge is -2.27. The zero-order valence-electron chi connectivity index (χ0n) is 19.0. The molecule has 34 heavy (non-hydrogen) atoms. The molecule has 180 valence electrons. The molecule has 0 radical (unpaired) electrons. The summed E-state index contributed by atoms with van der Waals surface area (Å²) < 4.78 is 47.2. The summed E-state index contributed by atoms with van der Waals surface area (Å²) in [7, 11) is 1.56. The Labute approximate surface area is 194 Å². The number of benzene rings is 2. The fourth-order valence-corrected chi connectivity index (χ4v) is 3.80. The van der Waals surface area contributed by atoms with Crippen LogP contribution in [-0.4, -0.2) is 27.4 Å². The zero-order chi connectivity index (χ0) is 24.7. The summed E-state index contributed by atoms with van der Waals surface area (Å²) in [4.78, 5) is 25.8. The number of carbonyl (C=O) groups is 1. The van der Waals surface area contributed by atoms with E-state index in [1.54, 1.807) is 49.8 Å². The van der Waals surface area contributed by atoms with Gasteiger partial charge in [-0.05, 0) is 68.7 Å². The van der Waals surface area contributed by atoms with Crippen LogP contribution in [0.5, 0.6) is 5.75 Å². The summed E-state index contributed by atoms with van der Waals surface area (Å²) >= 11 is 0. The topological polar surface area (TPSA) is 78.2 Å². The first kappa shape index (κ1) is 23.6. The number of aromatic nitrogens is 3. The average molecular weight is 474 g/mol. The largest absolute Gasteiger partial charge is 0.497 e. The van der Waals surface area contributed by atoms with E-state index in [1.165, 1.54) is 12.1 Å². The average Bonchev–Trinajstić information content (AvgIpc) is 3.57. The van der Waals surface area contributed by atoms with Crippen molar-refractivity contribution >= 4 is 5.91 Å². The normalized spacial score (nSPS) is 14.2. The van der Waals surface area contributed by atoms with Crippen molar-refractivity contribution in [2.24, 2.45) is 0 Å². The van der Waals surface area contributed by atoms with Crippen LogP contribution in [0.4, 0.5) is 13.2 Å². The maximum Gasteiger partial charge on any atom is 0.416 e. The third-order valence-corrected chi connectivity index (χ3v) is 5.79. The number of methoxy groups -OCH3 is 1. The van der Waals surface area contributed by atoms with Gasteiger partial charge in [-0.15, -0.1) is 5.10 Å². The van der Waals surface area contributed by atoms with Gasteiger partial charge < -0.3 is 10.1 Å². The summed E-state index contributed by atoms with van der Waals surface area (Å²) in [6, 6.07) is 12.0. The quantitative estimate of drug-likeness (QED) is 0.559. The molecular weight excluding hydrogens is 449 g/mol. The van der Waals surface area contributed by atoms with Crippen LogP contribution in [0.2, 0.25) is 0 Å². The first-order valence-electron chi connectivity index (χ1n) is 10.8. The van der Waals surface area contributed by atoms with Crippen molar-refractivity contribution in [2.75, 3.05) is 7.11 Å². The van der Waals surface area contributed by atoms with Gasteiger partial charge in [-0.3, -0.25) is 9.36 Å². The van der Waals surface area contributed by atoms with Crippen molar-refractivity contribution < 1.29 is 22.7 Å². The third-order valence-electron chi connectivity index (χ3n) is 5.79. The SMILES string of the molecule is COc1ccc(-c2nn(CC(=O)NC(C)(C)c3cccc(C(F)(F)F)c3)c(=O)n2C2CC2)cc1. The zero-order valence-corrected chi connectivity index (χ0v) is 19.0. The van der Waals surface area contributed by atoms with E-state index in [-0.39, 0.29) is 12.6 Å². The molecule has 1 fully saturated rings. The van der Waals surface area contributed by atoms with Gasteiger partial charge in [-0.25, -0.2) is 9.48 Å². The van der Waals surface area contributed by atoms with E-state index in [2.05, 4.69) is 10.4 Å². The number of alkyl halides is 3. The number of nitrogens with zero attached hydrogens (tertiary/aromatic N) is 3. The highest BCUT2D eigenvalue weighted by Gasteiger charge is 2.33. The molecule has 0 atom stereocenters. The van der Waals surface area contributed by atoms with Crippen LogP contribution >= 0.6 is 0 Å². The van der Waals surface area contributed by atoms with Crippen molar-refractivity contribution in [3.05, 3.63) is 70.1 Å². The molecule has 0 unspecified atom stereocenters. The second kappa shape index (κ2) is 8.66. The summed E-state index contributed by atoms with van der Waals surface area (Å²) in [5, 5.41) is 7.13. The van der Waals surface area contributed by atoms with Crippen molar-refractivity contribution in [3.63, 3.8) is 0 Å². The van der Waals surface area contributed by atoms with Gasteiger partial charge in [0.25, 0.3) is 0 Å². The van der Waals surface area contributed by atoms with Gasteiger partial charge in [0, 0.05) is 11.6 Å². The molecular formula is C24H25F3N4O3. The fraction of sp³-hybridized carbons (Fsp3) is 0.375. The molecule has 0 saturated heterocycles. The number of halogens is 3. The fourth-order valence-electron chi connectivity index (χ4n) is 3.80. The Balaban J connectivity index is 1.57. The molecule has 1 saturated carbocycles. The van der Waals surface area contributed by atoms with Crippen molar-refractivity contribution in [1.29, 1.82) is 0 Å². The number of carbonyl (C=O) groups excluding carboxylic acids is 1. The minimum absolute atomic E-state index is 0.0305. The minimum Gasteiger partial charge on any atom is -0.497 e. The Morgan fingerprint density at radius 2 is 1.76 bits per heavy atom. The third kappa shape index (κ3) is 4.85. The van der Waals surface area contributed by atoms with Gasteiger partial charge in [0.05, 0.1) is 18.2 Å². The molecule has 1 aromatic heterocycles. The summed E-state index contributed by atoms with van der Waals surface area (Å²) in [5.41, 5.74) is -1.28. The van der Waals surface area contributed by atoms with Crippen molar-refractivity contribution in [2.45, 2.75) is 51.0 Å². The lowest BCUT2D eigenvalue weighted by atomic mass is 9.92. The van der Waals surface area contributed by atoms with Crippen LogP contribution in [-0.2, 0) is 23.1 Å². The molecule has 7 nitrogen and oxygen atoms in total. The Kier molecular flexibility index (Phi) is 6.01. The molecule has 4 rings (SSSR count). The van der Waals surface area contributed by atoms with Gasteiger partial charge in [0.15, 0.2) is 5.82 Å². The molecule has 0 spiro atoms. The standard InChI is InChI=1S/C24H25F3N4O3/c1-23(2,16-5-4-6-17(13-16)24(25,26)27)28-20(32)14-30-22(33)31(18-9-10-18)21(29-30)15-7-11-19(34-3)12-8-15/h4-8,11-13,18H,9-10,14H2,1-3H3,(H,28,32). The minimum atomic E-state index is -4.49. The lowest BCUT2D eigenvalue weighted by Crippen LogP contribution is -2.44. The van der Waals surface area contributed by atoms with Gasteiger partial charge in [-0.1, -0.05) is 12.1 Å². The highest BCUT2D eigenvalue weighted by Crippen LogP contribution is 2.37. The number of rotatable bonds is 7. The van der Waals surface area contributed by atoms with Crippen LogP contribution < -0.4 is 15.7 Å². The molecule has 10 heteroatoms. The highest BCUT2D eigenvalue weighted by atomic mass is 19.4. The molecule has 3 aromatic rings. The van der Waals surface area contributed by atoms with Gasteiger partial charge in [0.2, 0.25) is 5.91 Å². The monoisotopic (exact) mass is 474 g/mol. The number of ether oxygens (including phenoxy) is 1. The van der Waals surface area contributed by atoms with Crippen LogP contribution in [0.25, 0.3) is 11.4 Å². The van der Waals surface area contributed by atoms with Crippen LogP contribution in [0, 0.1) is 0 Å². The van der Waals surface area contributed by atoms with Gasteiger partial charge in [0.1, 0.15) is 12.3 Å². The van der Waals surface area contributed by atoms with E-state index < -0.39 is 28.9 Å². The van der Waals surface area contributed by atoms with E-state index in [0.717, 1.165) is 29.7 Å². The number of amides is 1. The van der Waals surface area contributed by atoms with Gasteiger partial charge >= 0.3 is 11.9 Å². The Morgan fingerprint density at radius 3 is 2.35 bits per heavy atom. The molecule has 1 heterocycles. The van der Waals surface area contributed by atoms with E-state index in [0.29, 0.717) is 22.7 Å². The maximum atomic E-state index is 13.1. The predicted octanol–water partition coefficient (Wildman–Crippen LogP) is 4.13. The van der Waals surface area contributed by atoms with Crippen LogP contribution in [0.15, 0.2) is 53.3 Å². The second-order valence-corrected chi connectivity index (χ2v) is 8.85. The van der Waals surface area contributed by atoms with E-state index in [9.17, 15) is 22.8 Å². The Morgan fingerprint density at radius 1 is 1.12 bits per heavy atom. The summed E-state index contributed by atoms with van der Waals surface area (Å²) in [6.07, 6.45) is -2.79. The first-order chi connectivity index (χ1) is 16.0. The Bertz CT molecular complexity index is 1260. The molecule has 1 aliphatic carbocycles. The van der Waals surface area contributed by atoms with E-state index in [4.69, 9.17) is 4.74 Å². The lowest BCUT2D eigenvalue weighted by molar-refractivity contribution is -0.137. The van der Waals surface area contributed by atoms with Crippen molar-refractivity contribution in [3.8, 4) is 17.1 Å². The second-order valence-electron chi connectivity index (χ2n) is 8.85. The van der Waals surface area contributed by atoms with Gasteiger partial charge in [-0.2, -0.15) is 13.2 Å². The maximum absolute atomic E-state index is 13.1. The Hall–Kier alpha value is -3.56. The smallest absolute Gasteiger partial charge is 0.416 e. The number of hydrogen-bond donors (Lipinski definition) is 1. The molecule has 0 aliphatic heterocycles. The molecule has 1 N–H and O–H groups in total. The van der Waals surface area contributed by atoms with Crippen molar-refractivity contribution in [1.82, 2.24) is 19.7 Å². The molecule has 0 bridgehead atoms. The summed E-state index contributed by atoms with van der Waals surface area (Å²) in [6.45, 7) is 2.85. The van der Waals surface area contributed by atoms with Crippen LogP contribution in [0.1, 0.15) is 43.9 Å².